The number of thiophene rings is 3. The summed E-state index contributed by atoms with van der Waals surface area (Å²) in [6, 6.07) is 5.05. The van der Waals surface area contributed by atoms with Gasteiger partial charge in [-0.25, -0.2) is 0 Å². The van der Waals surface area contributed by atoms with E-state index in [1.807, 2.05) is 19.9 Å². The van der Waals surface area contributed by atoms with Crippen molar-refractivity contribution in [3.63, 3.8) is 0 Å². The fourth-order valence-corrected chi connectivity index (χ4v) is 8.06. The van der Waals surface area contributed by atoms with E-state index >= 15 is 8.78 Å². The van der Waals surface area contributed by atoms with Crippen LogP contribution in [0.25, 0.3) is 25.1 Å². The Labute approximate surface area is 223 Å². The molecule has 0 aliphatic heterocycles. The third-order valence-electron chi connectivity index (χ3n) is 6.52. The molecule has 202 valence electrons. The number of hydrogen-bond donors (Lipinski definition) is 0. The maximum absolute atomic E-state index is 15.1. The van der Waals surface area contributed by atoms with E-state index in [1.54, 1.807) is 20.3 Å². The molecule has 1 aliphatic rings. The zero-order chi connectivity index (χ0) is 27.3. The largest absolute Gasteiger partial charge is 0.384 e. The number of allylic oxidation sites excluding steroid dienone is 2. The van der Waals surface area contributed by atoms with Crippen molar-refractivity contribution in [3.05, 3.63) is 50.2 Å². The van der Waals surface area contributed by atoms with Gasteiger partial charge in [0.05, 0.1) is 18.1 Å². The van der Waals surface area contributed by atoms with Crippen LogP contribution >= 0.6 is 34.0 Å². The monoisotopic (exact) mass is 580 g/mol. The number of aryl methyl sites for hydroxylation is 2. The quantitative estimate of drug-likeness (QED) is 0.235. The molecule has 0 fully saturated rings. The highest BCUT2D eigenvalue weighted by atomic mass is 32.1. The highest BCUT2D eigenvalue weighted by molar-refractivity contribution is 7.26. The fourth-order valence-electron chi connectivity index (χ4n) is 4.39. The average Bonchev–Trinajstić information content (AvgIpc) is 3.53. The second-order valence-corrected chi connectivity index (χ2v) is 12.3. The molecule has 0 radical (unpaired) electrons. The predicted molar refractivity (Wildman–Crippen MR) is 139 cm³/mol. The molecule has 0 amide bonds. The Morgan fingerprint density at radius 2 is 1.16 bits per heavy atom. The molecule has 0 spiro atoms. The Morgan fingerprint density at radius 1 is 0.676 bits per heavy atom. The summed E-state index contributed by atoms with van der Waals surface area (Å²) in [4.78, 5) is 4.15. The summed E-state index contributed by atoms with van der Waals surface area (Å²) in [7, 11) is 3.16. The van der Waals surface area contributed by atoms with E-state index in [-0.39, 0.29) is 10.4 Å². The van der Waals surface area contributed by atoms with Crippen LogP contribution in [0.4, 0.5) is 26.3 Å². The maximum Gasteiger partial charge on any atom is 0.380 e. The first kappa shape index (κ1) is 28.4. The number of methoxy groups -OCH3 is 2. The van der Waals surface area contributed by atoms with Gasteiger partial charge in [-0.05, 0) is 50.1 Å². The van der Waals surface area contributed by atoms with Crippen molar-refractivity contribution in [2.24, 2.45) is 0 Å². The van der Waals surface area contributed by atoms with Crippen LogP contribution in [0, 0.1) is 13.8 Å². The minimum absolute atomic E-state index is 0.275. The summed E-state index contributed by atoms with van der Waals surface area (Å²) >= 11 is 3.93. The molecule has 0 atom stereocenters. The SMILES string of the molecule is COCCc1sc(-c2cc(C3=C(C)C(F)(F)C(F)(F)C3(F)F)c(-c3cc(C)c(CCOC)s3)s2)cc1C. The normalized spacial score (nSPS) is 18.2. The molecule has 1 aliphatic carbocycles. The molecule has 3 aromatic rings. The molecule has 0 N–H and O–H groups in total. The van der Waals surface area contributed by atoms with Crippen LogP contribution in [-0.4, -0.2) is 45.2 Å². The van der Waals surface area contributed by atoms with E-state index in [2.05, 4.69) is 0 Å². The number of ether oxygens (including phenoxy) is 2. The van der Waals surface area contributed by atoms with Gasteiger partial charge >= 0.3 is 17.8 Å². The first-order chi connectivity index (χ1) is 17.3. The number of halogens is 6. The summed E-state index contributed by atoms with van der Waals surface area (Å²) in [5.41, 5.74) is -0.988. The number of rotatable bonds is 9. The molecule has 2 nitrogen and oxygen atoms in total. The third-order valence-corrected chi connectivity index (χ3v) is 10.6. The standard InChI is InChI=1S/C26H26F6O2S3/c1-13-10-19(35-17(13)6-8-33-4)20-12-16(22-15(3)24(27,28)26(31,32)25(22,29)30)23(37-20)21-11-14(2)18(36-21)7-9-34-5/h10-12H,6-9H2,1-5H3. The van der Waals surface area contributed by atoms with Crippen LogP contribution in [0.5, 0.6) is 0 Å². The van der Waals surface area contributed by atoms with Crippen molar-refractivity contribution in [3.8, 4) is 19.5 Å². The minimum Gasteiger partial charge on any atom is -0.384 e. The van der Waals surface area contributed by atoms with Crippen LogP contribution in [-0.2, 0) is 22.3 Å². The van der Waals surface area contributed by atoms with E-state index < -0.39 is 28.9 Å². The zero-order valence-electron chi connectivity index (χ0n) is 20.9. The molecule has 0 saturated heterocycles. The van der Waals surface area contributed by atoms with E-state index in [0.29, 0.717) is 42.7 Å². The van der Waals surface area contributed by atoms with Crippen molar-refractivity contribution in [1.29, 1.82) is 0 Å². The van der Waals surface area contributed by atoms with Gasteiger partial charge in [0, 0.05) is 68.2 Å². The van der Waals surface area contributed by atoms with Crippen LogP contribution in [0.1, 0.15) is 33.4 Å². The number of hydrogen-bond acceptors (Lipinski definition) is 5. The molecule has 0 bridgehead atoms. The van der Waals surface area contributed by atoms with Gasteiger partial charge in [-0.2, -0.15) is 26.3 Å². The van der Waals surface area contributed by atoms with Crippen molar-refractivity contribution < 1.29 is 35.8 Å². The second kappa shape index (κ2) is 10.1. The summed E-state index contributed by atoms with van der Waals surface area (Å²) in [6.07, 6.45) is 1.24. The third kappa shape index (κ3) is 4.60. The average molecular weight is 581 g/mol. The van der Waals surface area contributed by atoms with Crippen molar-refractivity contribution in [1.82, 2.24) is 0 Å². The summed E-state index contributed by atoms with van der Waals surface area (Å²) < 4.78 is 98.2. The smallest absolute Gasteiger partial charge is 0.380 e. The molecule has 3 aromatic heterocycles. The fraction of sp³-hybridized carbons (Fsp3) is 0.462. The van der Waals surface area contributed by atoms with Crippen LogP contribution < -0.4 is 0 Å². The Morgan fingerprint density at radius 3 is 1.65 bits per heavy atom. The lowest BCUT2D eigenvalue weighted by Gasteiger charge is -2.25. The van der Waals surface area contributed by atoms with Gasteiger partial charge in [-0.3, -0.25) is 0 Å². The topological polar surface area (TPSA) is 18.5 Å². The van der Waals surface area contributed by atoms with Gasteiger partial charge in [0.1, 0.15) is 0 Å². The van der Waals surface area contributed by atoms with Gasteiger partial charge < -0.3 is 9.47 Å². The highest BCUT2D eigenvalue weighted by Gasteiger charge is 2.79. The Bertz CT molecular complexity index is 1330. The Kier molecular flexibility index (Phi) is 7.77. The van der Waals surface area contributed by atoms with Crippen LogP contribution in [0.2, 0.25) is 0 Å². The number of alkyl halides is 6. The van der Waals surface area contributed by atoms with Crippen molar-refractivity contribution in [2.75, 3.05) is 27.4 Å². The van der Waals surface area contributed by atoms with Crippen LogP contribution in [0.3, 0.4) is 0 Å². The molecule has 37 heavy (non-hydrogen) atoms. The van der Waals surface area contributed by atoms with E-state index in [4.69, 9.17) is 9.47 Å². The lowest BCUT2D eigenvalue weighted by atomic mass is 9.98. The molecular formula is C26H26F6O2S3. The van der Waals surface area contributed by atoms with Crippen molar-refractivity contribution in [2.45, 2.75) is 51.4 Å². The lowest BCUT2D eigenvalue weighted by molar-refractivity contribution is -0.259. The predicted octanol–water partition coefficient (Wildman–Crippen LogP) is 8.89. The molecular weight excluding hydrogens is 554 g/mol. The summed E-state index contributed by atoms with van der Waals surface area (Å²) in [5, 5.41) is 0. The zero-order valence-corrected chi connectivity index (χ0v) is 23.3. The Balaban J connectivity index is 1.92. The maximum atomic E-state index is 15.1. The molecule has 3 heterocycles. The van der Waals surface area contributed by atoms with Gasteiger partial charge in [0.2, 0.25) is 0 Å². The Hall–Kier alpha value is -1.66. The first-order valence-corrected chi connectivity index (χ1v) is 13.9. The summed E-state index contributed by atoms with van der Waals surface area (Å²) in [6.45, 7) is 5.41. The summed E-state index contributed by atoms with van der Waals surface area (Å²) in [5.74, 6) is -15.5. The van der Waals surface area contributed by atoms with Gasteiger partial charge in [-0.1, -0.05) is 0 Å². The van der Waals surface area contributed by atoms with Gasteiger partial charge in [0.15, 0.2) is 0 Å². The van der Waals surface area contributed by atoms with Crippen molar-refractivity contribution >= 4 is 39.6 Å². The highest BCUT2D eigenvalue weighted by Crippen LogP contribution is 2.63. The van der Waals surface area contributed by atoms with E-state index in [9.17, 15) is 17.6 Å². The van der Waals surface area contributed by atoms with Crippen LogP contribution in [0.15, 0.2) is 23.8 Å². The lowest BCUT2D eigenvalue weighted by Crippen LogP contribution is -2.48. The molecule has 0 unspecified atom stereocenters. The molecule has 0 aromatic carbocycles. The van der Waals surface area contributed by atoms with Gasteiger partial charge in [-0.15, -0.1) is 34.0 Å². The minimum atomic E-state index is -5.53. The first-order valence-electron chi connectivity index (χ1n) is 11.4. The second-order valence-electron chi connectivity index (χ2n) is 9.00. The molecule has 11 heteroatoms. The molecule has 4 rings (SSSR count). The molecule has 0 saturated carbocycles. The van der Waals surface area contributed by atoms with E-state index in [1.165, 1.54) is 28.7 Å². The van der Waals surface area contributed by atoms with Gasteiger partial charge in [0.25, 0.3) is 0 Å². The van der Waals surface area contributed by atoms with E-state index in [0.717, 1.165) is 37.1 Å².